The summed E-state index contributed by atoms with van der Waals surface area (Å²) in [7, 11) is 1.54. The van der Waals surface area contributed by atoms with Gasteiger partial charge in [-0.05, 0) is 67.6 Å². The number of anilines is 2. The minimum Gasteiger partial charge on any atom is -0.482 e. The van der Waals surface area contributed by atoms with Crippen molar-refractivity contribution in [1.29, 1.82) is 5.26 Å². The molecule has 2 aromatic rings. The van der Waals surface area contributed by atoms with Crippen LogP contribution in [-0.4, -0.2) is 68.9 Å². The van der Waals surface area contributed by atoms with Crippen molar-refractivity contribution in [2.45, 2.75) is 25.4 Å². The number of fused-ring (bicyclic) bond motifs is 2. The van der Waals surface area contributed by atoms with Gasteiger partial charge in [0.1, 0.15) is 23.7 Å². The van der Waals surface area contributed by atoms with E-state index in [-0.39, 0.29) is 31.1 Å². The van der Waals surface area contributed by atoms with Crippen molar-refractivity contribution in [1.82, 2.24) is 15.6 Å². The number of pyridine rings is 1. The van der Waals surface area contributed by atoms with Crippen molar-refractivity contribution >= 4 is 29.5 Å². The number of nitriles is 1. The molecule has 3 amide bonds. The van der Waals surface area contributed by atoms with Crippen molar-refractivity contribution in [3.8, 4) is 17.6 Å². The first-order chi connectivity index (χ1) is 18.4. The normalized spacial score (nSPS) is 19.5. The van der Waals surface area contributed by atoms with Gasteiger partial charge in [-0.3, -0.25) is 14.5 Å². The van der Waals surface area contributed by atoms with Crippen LogP contribution in [0.1, 0.15) is 23.1 Å². The number of rotatable bonds is 9. The third kappa shape index (κ3) is 5.33. The molecule has 1 aromatic heterocycles. The average Bonchev–Trinajstić information content (AvgIpc) is 3.51. The van der Waals surface area contributed by atoms with E-state index in [0.717, 1.165) is 30.5 Å². The summed E-state index contributed by atoms with van der Waals surface area (Å²) >= 11 is 0. The number of amides is 3. The van der Waals surface area contributed by atoms with E-state index >= 15 is 0 Å². The van der Waals surface area contributed by atoms with E-state index in [1.807, 2.05) is 6.07 Å². The fraction of sp³-hybridized carbons (Fsp3) is 0.423. The Hall–Kier alpha value is -4.37. The fourth-order valence-electron chi connectivity index (χ4n) is 4.90. The number of nitrogens with one attached hydrogen (secondary N) is 3. The second kappa shape index (κ2) is 10.9. The quantitative estimate of drug-likeness (QED) is 0.413. The molecule has 0 spiro atoms. The largest absolute Gasteiger partial charge is 0.482 e. The lowest BCUT2D eigenvalue weighted by atomic mass is 10.0. The second-order valence-electron chi connectivity index (χ2n) is 9.39. The first-order valence-corrected chi connectivity index (χ1v) is 12.5. The van der Waals surface area contributed by atoms with Gasteiger partial charge in [0.15, 0.2) is 24.8 Å². The number of benzene rings is 1. The van der Waals surface area contributed by atoms with Gasteiger partial charge in [-0.15, -0.1) is 0 Å². The fourth-order valence-corrected chi connectivity index (χ4v) is 4.90. The standard InChI is InChI=1S/C26H28N6O6/c1-28-23(33)13-36-20-3-2-16-8-15(9-18(16)19(20)10-27)11-29-7-6-17-12-32(26(35)38-17)22-5-4-21-25(30-22)31-24(34)14-37-21/h2-5,15,17,29H,6-9,11-14H2,1H3,(H,28,33)(H,30,31,34). The van der Waals surface area contributed by atoms with Gasteiger partial charge < -0.3 is 30.2 Å². The SMILES string of the molecule is CNC(=O)COc1ccc2c(c1C#N)CC(CNCCC1CN(c3ccc4c(n3)NC(=O)CO4)C(=O)O1)C2. The smallest absolute Gasteiger partial charge is 0.415 e. The summed E-state index contributed by atoms with van der Waals surface area (Å²) in [6, 6.07) is 9.31. The number of carbonyl (C=O) groups excluding carboxylic acids is 3. The molecule has 2 unspecified atom stereocenters. The number of hydrogen-bond donors (Lipinski definition) is 3. The van der Waals surface area contributed by atoms with Crippen molar-refractivity contribution in [2.24, 2.45) is 5.92 Å². The Kier molecular flexibility index (Phi) is 7.28. The summed E-state index contributed by atoms with van der Waals surface area (Å²) in [6.07, 6.45) is 1.47. The molecule has 1 aromatic carbocycles. The van der Waals surface area contributed by atoms with Crippen LogP contribution >= 0.6 is 0 Å². The Labute approximate surface area is 219 Å². The number of nitrogens with zero attached hydrogens (tertiary/aromatic N) is 3. The van der Waals surface area contributed by atoms with Crippen molar-refractivity contribution in [2.75, 3.05) is 50.1 Å². The Balaban J connectivity index is 1.09. The van der Waals surface area contributed by atoms with Gasteiger partial charge in [-0.1, -0.05) is 6.07 Å². The number of cyclic esters (lactones) is 1. The molecule has 38 heavy (non-hydrogen) atoms. The van der Waals surface area contributed by atoms with Crippen LogP contribution in [0.15, 0.2) is 24.3 Å². The van der Waals surface area contributed by atoms with Crippen molar-refractivity contribution < 1.29 is 28.6 Å². The predicted molar refractivity (Wildman–Crippen MR) is 135 cm³/mol. The number of hydrogen-bond acceptors (Lipinski definition) is 9. The van der Waals surface area contributed by atoms with E-state index in [1.54, 1.807) is 18.2 Å². The highest BCUT2D eigenvalue weighted by atomic mass is 16.6. The lowest BCUT2D eigenvalue weighted by Crippen LogP contribution is -2.30. The molecule has 1 saturated heterocycles. The third-order valence-corrected chi connectivity index (χ3v) is 6.81. The molecule has 3 aliphatic rings. The highest BCUT2D eigenvalue weighted by Gasteiger charge is 2.34. The summed E-state index contributed by atoms with van der Waals surface area (Å²) in [5, 5.41) is 18.3. The first kappa shape index (κ1) is 25.3. The Bertz CT molecular complexity index is 1310. The van der Waals surface area contributed by atoms with Gasteiger partial charge >= 0.3 is 6.09 Å². The summed E-state index contributed by atoms with van der Waals surface area (Å²) in [5.41, 5.74) is 2.60. The monoisotopic (exact) mass is 520 g/mol. The molecule has 5 rings (SSSR count). The molecule has 0 radical (unpaired) electrons. The number of carbonyl (C=O) groups is 3. The zero-order chi connectivity index (χ0) is 26.6. The van der Waals surface area contributed by atoms with Crippen LogP contribution in [0.4, 0.5) is 16.4 Å². The molecule has 2 aliphatic heterocycles. The van der Waals surface area contributed by atoms with Gasteiger partial charge in [0, 0.05) is 7.05 Å². The van der Waals surface area contributed by atoms with Gasteiger partial charge in [0.25, 0.3) is 11.8 Å². The van der Waals surface area contributed by atoms with Crippen LogP contribution in [-0.2, 0) is 27.2 Å². The molecule has 1 aliphatic carbocycles. The van der Waals surface area contributed by atoms with E-state index in [4.69, 9.17) is 14.2 Å². The number of ether oxygens (including phenoxy) is 3. The number of aromatic nitrogens is 1. The maximum Gasteiger partial charge on any atom is 0.415 e. The zero-order valence-electron chi connectivity index (χ0n) is 20.9. The molecule has 0 bridgehead atoms. The van der Waals surface area contributed by atoms with Crippen LogP contribution in [0.2, 0.25) is 0 Å². The van der Waals surface area contributed by atoms with Gasteiger partial charge in [0.05, 0.1) is 12.1 Å². The molecule has 0 saturated carbocycles. The topological polar surface area (TPSA) is 155 Å². The third-order valence-electron chi connectivity index (χ3n) is 6.81. The Morgan fingerprint density at radius 3 is 2.97 bits per heavy atom. The van der Waals surface area contributed by atoms with Gasteiger partial charge in [-0.2, -0.15) is 5.26 Å². The summed E-state index contributed by atoms with van der Waals surface area (Å²) in [6.45, 7) is 1.58. The summed E-state index contributed by atoms with van der Waals surface area (Å²) in [4.78, 5) is 41.3. The van der Waals surface area contributed by atoms with Crippen LogP contribution in [0, 0.1) is 17.2 Å². The van der Waals surface area contributed by atoms with Crippen molar-refractivity contribution in [3.63, 3.8) is 0 Å². The predicted octanol–water partition coefficient (Wildman–Crippen LogP) is 1.13. The molecule has 12 heteroatoms. The van der Waals surface area contributed by atoms with Crippen LogP contribution in [0.3, 0.4) is 0 Å². The van der Waals surface area contributed by atoms with Crippen LogP contribution in [0.25, 0.3) is 0 Å². The average molecular weight is 521 g/mol. The van der Waals surface area contributed by atoms with Crippen molar-refractivity contribution in [3.05, 3.63) is 41.0 Å². The van der Waals surface area contributed by atoms with Crippen LogP contribution < -0.4 is 30.3 Å². The maximum absolute atomic E-state index is 12.4. The molecular formula is C26H28N6O6. The Morgan fingerprint density at radius 1 is 1.29 bits per heavy atom. The van der Waals surface area contributed by atoms with E-state index in [9.17, 15) is 19.6 Å². The van der Waals surface area contributed by atoms with E-state index in [0.29, 0.717) is 54.1 Å². The minimum absolute atomic E-state index is 0.0597. The summed E-state index contributed by atoms with van der Waals surface area (Å²) < 4.78 is 16.4. The van der Waals surface area contributed by atoms with Gasteiger partial charge in [-0.25, -0.2) is 9.78 Å². The molecule has 1 fully saturated rings. The van der Waals surface area contributed by atoms with E-state index in [1.165, 1.54) is 11.9 Å². The van der Waals surface area contributed by atoms with E-state index < -0.39 is 6.09 Å². The summed E-state index contributed by atoms with van der Waals surface area (Å²) in [5.74, 6) is 1.36. The highest BCUT2D eigenvalue weighted by molar-refractivity contribution is 5.95. The first-order valence-electron chi connectivity index (χ1n) is 12.5. The molecule has 3 heterocycles. The van der Waals surface area contributed by atoms with Crippen LogP contribution in [0.5, 0.6) is 11.5 Å². The lowest BCUT2D eigenvalue weighted by molar-refractivity contribution is -0.122. The Morgan fingerprint density at radius 2 is 2.16 bits per heavy atom. The molecule has 198 valence electrons. The highest BCUT2D eigenvalue weighted by Crippen LogP contribution is 2.34. The zero-order valence-corrected chi connectivity index (χ0v) is 20.9. The molecule has 12 nitrogen and oxygen atoms in total. The molecular weight excluding hydrogens is 492 g/mol. The molecule has 2 atom stereocenters. The maximum atomic E-state index is 12.4. The second-order valence-corrected chi connectivity index (χ2v) is 9.39. The molecule has 3 N–H and O–H groups in total. The van der Waals surface area contributed by atoms with E-state index in [2.05, 4.69) is 27.0 Å². The minimum atomic E-state index is -0.477. The number of likely N-dealkylation sites (N-methyl/N-ethyl adjacent to an activating group) is 1. The lowest BCUT2D eigenvalue weighted by Gasteiger charge is -2.19. The van der Waals surface area contributed by atoms with Gasteiger partial charge in [0.2, 0.25) is 0 Å².